The fraction of sp³-hybridized carbons (Fsp3) is 0. The van der Waals surface area contributed by atoms with Crippen LogP contribution in [0.2, 0.25) is 0 Å². The molecule has 0 spiro atoms. The zero-order valence-electron chi connectivity index (χ0n) is 3.35. The SMILES string of the molecule is [B][SiH2]C#N.[O]=[AlH]. The number of rotatable bonds is 0. The number of hydrogen-bond acceptors (Lipinski definition) is 2. The summed E-state index contributed by atoms with van der Waals surface area (Å²) >= 11 is 0.611. The van der Waals surface area contributed by atoms with Crippen molar-refractivity contribution in [3.63, 3.8) is 0 Å². The molecule has 0 aromatic heterocycles. The third-order valence-corrected chi connectivity index (χ3v) is 0.274. The zero-order valence-corrected chi connectivity index (χ0v) is 6.18. The van der Waals surface area contributed by atoms with Crippen molar-refractivity contribution in [3.05, 3.63) is 0 Å². The van der Waals surface area contributed by atoms with Crippen molar-refractivity contribution in [1.29, 1.82) is 5.26 Å². The van der Waals surface area contributed by atoms with Crippen LogP contribution in [0.5, 0.6) is 0 Å². The molecule has 0 fully saturated rings. The number of nitrogens with zero attached hydrogens (tertiary/aromatic N) is 1. The van der Waals surface area contributed by atoms with Crippen LogP contribution < -0.4 is 0 Å². The summed E-state index contributed by atoms with van der Waals surface area (Å²) in [7, 11) is 4.04. The van der Waals surface area contributed by atoms with Gasteiger partial charge >= 0.3 is 20.0 Å². The molecule has 5 heteroatoms. The minimum absolute atomic E-state index is 0.611. The molecule has 0 heterocycles. The van der Waals surface area contributed by atoms with Gasteiger partial charge in [-0.2, -0.15) is 0 Å². The van der Waals surface area contributed by atoms with Gasteiger partial charge in [0.25, 0.3) is 0 Å². The van der Waals surface area contributed by atoms with E-state index in [0.717, 1.165) is 0 Å². The van der Waals surface area contributed by atoms with E-state index in [1.54, 1.807) is 0 Å². The molecule has 0 N–H and O–H groups in total. The molecule has 0 saturated carbocycles. The molecule has 2 nitrogen and oxygen atoms in total. The first kappa shape index (κ1) is 9.44. The summed E-state index contributed by atoms with van der Waals surface area (Å²) in [5, 5.41) is 7.56. The molecule has 2 radical (unpaired) electrons. The molecule has 0 bridgehead atoms. The fourth-order valence-corrected chi connectivity index (χ4v) is 0. The summed E-state index contributed by atoms with van der Waals surface area (Å²) in [4.78, 5) is 0. The normalized spacial score (nSPS) is 5.67. The van der Waals surface area contributed by atoms with Crippen molar-refractivity contribution in [2.45, 2.75) is 0 Å². The van der Waals surface area contributed by atoms with E-state index < -0.39 is 9.39 Å². The van der Waals surface area contributed by atoms with Crippen LogP contribution in [0.15, 0.2) is 0 Å². The van der Waals surface area contributed by atoms with E-state index in [4.69, 9.17) is 16.5 Å². The average Bonchev–Trinajstić information content (AvgIpc) is 1.72. The maximum atomic E-state index is 8.28. The zero-order chi connectivity index (χ0) is 5.41. The maximum absolute atomic E-state index is 8.28. The van der Waals surface area contributed by atoms with Crippen LogP contribution in [0.1, 0.15) is 0 Å². The van der Waals surface area contributed by atoms with Crippen molar-refractivity contribution in [1.82, 2.24) is 0 Å². The molecule has 0 amide bonds. The molecule has 0 aliphatic carbocycles. The van der Waals surface area contributed by atoms with Crippen molar-refractivity contribution >= 4 is 33.1 Å². The molecule has 6 heavy (non-hydrogen) atoms. The molecule has 0 aliphatic rings. The van der Waals surface area contributed by atoms with Gasteiger partial charge in [-0.15, -0.1) is 0 Å². The molecule has 0 saturated heterocycles. The third kappa shape index (κ3) is 32.4. The van der Waals surface area contributed by atoms with Crippen molar-refractivity contribution in [2.24, 2.45) is 0 Å². The van der Waals surface area contributed by atoms with Gasteiger partial charge in [0.1, 0.15) is 0 Å². The summed E-state index contributed by atoms with van der Waals surface area (Å²) in [6, 6.07) is 0. The Labute approximate surface area is 48.3 Å². The van der Waals surface area contributed by atoms with E-state index in [0.29, 0.717) is 16.2 Å². The molecule has 0 unspecified atom stereocenters. The Kier molecular flexibility index (Phi) is 30.6. The van der Waals surface area contributed by atoms with Crippen LogP contribution >= 0.6 is 0 Å². The molecular formula is CH3AlBNOSi. The minimum atomic E-state index is -0.770. The van der Waals surface area contributed by atoms with Crippen LogP contribution in [-0.2, 0) is 3.80 Å². The molecule has 0 rings (SSSR count). The molecule has 0 atom stereocenters. The van der Waals surface area contributed by atoms with Gasteiger partial charge in [0, 0.05) is 5.69 Å². The van der Waals surface area contributed by atoms with E-state index >= 15 is 0 Å². The van der Waals surface area contributed by atoms with Gasteiger partial charge < -0.3 is 0 Å². The third-order valence-electron chi connectivity index (χ3n) is 0.0913. The summed E-state index contributed by atoms with van der Waals surface area (Å²) in [5.41, 5.74) is 1.85. The monoisotopic (exact) mass is 111 g/mol. The van der Waals surface area contributed by atoms with Gasteiger partial charge in [-0.25, -0.2) is 5.26 Å². The van der Waals surface area contributed by atoms with E-state index in [1.165, 1.54) is 0 Å². The Hall–Kier alpha value is 0.104. The summed E-state index contributed by atoms with van der Waals surface area (Å²) in [5.74, 6) is 0. The summed E-state index contributed by atoms with van der Waals surface area (Å²) in [6.45, 7) is 0. The first-order chi connectivity index (χ1) is 2.91. The predicted molar refractivity (Wildman–Crippen MR) is 27.7 cm³/mol. The Morgan fingerprint density at radius 3 is 2.00 bits per heavy atom. The van der Waals surface area contributed by atoms with Gasteiger partial charge in [-0.05, 0) is 0 Å². The second-order valence-electron chi connectivity index (χ2n) is 0.362. The van der Waals surface area contributed by atoms with Crippen LogP contribution in [0, 0.1) is 11.0 Å². The van der Waals surface area contributed by atoms with E-state index in [9.17, 15) is 0 Å². The van der Waals surface area contributed by atoms with Crippen molar-refractivity contribution in [3.8, 4) is 5.69 Å². The van der Waals surface area contributed by atoms with Gasteiger partial charge in [0.15, 0.2) is 0 Å². The van der Waals surface area contributed by atoms with Crippen molar-refractivity contribution < 1.29 is 3.80 Å². The first-order valence-electron chi connectivity index (χ1n) is 1.27. The number of nitriles is 1. The van der Waals surface area contributed by atoms with Gasteiger partial charge in [0.2, 0.25) is 0 Å². The van der Waals surface area contributed by atoms with E-state index in [-0.39, 0.29) is 0 Å². The van der Waals surface area contributed by atoms with Crippen LogP contribution in [-0.4, -0.2) is 33.1 Å². The van der Waals surface area contributed by atoms with Gasteiger partial charge in [-0.3, -0.25) is 0 Å². The Bertz CT molecular complexity index is 54.0. The summed E-state index contributed by atoms with van der Waals surface area (Å²) in [6.07, 6.45) is 0. The molecule has 0 aliphatic heterocycles. The summed E-state index contributed by atoms with van der Waals surface area (Å²) < 4.78 is 8.28. The van der Waals surface area contributed by atoms with Crippen LogP contribution in [0.25, 0.3) is 0 Å². The van der Waals surface area contributed by atoms with Crippen LogP contribution in [0.3, 0.4) is 0 Å². The molecule has 0 aromatic rings. The first-order valence-corrected chi connectivity index (χ1v) is 3.38. The Morgan fingerprint density at radius 1 is 1.83 bits per heavy atom. The van der Waals surface area contributed by atoms with E-state index in [2.05, 4.69) is 0 Å². The van der Waals surface area contributed by atoms with Crippen LogP contribution in [0.4, 0.5) is 0 Å². The second-order valence-corrected chi connectivity index (χ2v) is 1.09. The molecular weight excluding hydrogens is 108 g/mol. The quantitative estimate of drug-likeness (QED) is 0.337. The molecule has 28 valence electrons. The topological polar surface area (TPSA) is 40.9 Å². The molecule has 0 aromatic carbocycles. The Morgan fingerprint density at radius 2 is 2.00 bits per heavy atom. The second kappa shape index (κ2) is 19.4. The van der Waals surface area contributed by atoms with Gasteiger partial charge in [-0.1, -0.05) is 0 Å². The number of hydrogen-bond donors (Lipinski definition) is 0. The standard InChI is InChI=1S/CH2BNSi.Al.O.H/c2-4-1-3;;;/h4H2;;;. The van der Waals surface area contributed by atoms with E-state index in [1.807, 2.05) is 5.69 Å². The predicted octanol–water partition coefficient (Wildman–Crippen LogP) is -2.05. The van der Waals surface area contributed by atoms with Gasteiger partial charge in [0.05, 0.1) is 16.8 Å². The average molecular weight is 111 g/mol. The fourth-order valence-electron chi connectivity index (χ4n) is 0. The Balaban J connectivity index is 0. The van der Waals surface area contributed by atoms with Crippen molar-refractivity contribution in [2.75, 3.05) is 0 Å².